The molecule has 1 fully saturated rings. The second-order valence-electron chi connectivity index (χ2n) is 5.18. The van der Waals surface area contributed by atoms with Crippen molar-refractivity contribution in [1.82, 2.24) is 10.6 Å². The predicted molar refractivity (Wildman–Crippen MR) is 59.7 cm³/mol. The van der Waals surface area contributed by atoms with E-state index in [1.165, 1.54) is 0 Å². The van der Waals surface area contributed by atoms with E-state index in [4.69, 9.17) is 4.74 Å². The molecule has 88 valence electrons. The summed E-state index contributed by atoms with van der Waals surface area (Å²) in [6.45, 7) is 7.74. The van der Waals surface area contributed by atoms with Crippen LogP contribution in [-0.2, 0) is 9.53 Å². The molecule has 4 nitrogen and oxygen atoms in total. The third-order valence-corrected chi connectivity index (χ3v) is 2.95. The van der Waals surface area contributed by atoms with Crippen molar-refractivity contribution in [1.29, 1.82) is 0 Å². The zero-order valence-corrected chi connectivity index (χ0v) is 10.1. The summed E-state index contributed by atoms with van der Waals surface area (Å²) in [6.07, 6.45) is 1.39. The molecule has 0 aromatic carbocycles. The van der Waals surface area contributed by atoms with Gasteiger partial charge in [0, 0.05) is 13.7 Å². The van der Waals surface area contributed by atoms with Crippen molar-refractivity contribution >= 4 is 5.91 Å². The maximum Gasteiger partial charge on any atom is 0.223 e. The Balaban J connectivity index is 2.42. The van der Waals surface area contributed by atoms with E-state index in [2.05, 4.69) is 17.6 Å². The first kappa shape index (κ1) is 12.5. The van der Waals surface area contributed by atoms with Gasteiger partial charge in [0.15, 0.2) is 0 Å². The number of methoxy groups -OCH3 is 1. The summed E-state index contributed by atoms with van der Waals surface area (Å²) in [5, 5.41) is 6.31. The Morgan fingerprint density at radius 1 is 1.60 bits per heavy atom. The lowest BCUT2D eigenvalue weighted by Crippen LogP contribution is -2.49. The highest BCUT2D eigenvalue weighted by Crippen LogP contribution is 2.17. The Hall–Kier alpha value is -0.610. The molecule has 1 atom stereocenters. The van der Waals surface area contributed by atoms with Crippen molar-refractivity contribution in [3.8, 4) is 0 Å². The molecule has 0 bridgehead atoms. The van der Waals surface area contributed by atoms with Gasteiger partial charge in [-0.2, -0.15) is 0 Å². The van der Waals surface area contributed by atoms with E-state index in [1.807, 2.05) is 13.8 Å². The second kappa shape index (κ2) is 4.49. The SMILES string of the molecule is COC(C)(C)CC(=O)NC1(C)CCNC1. The minimum atomic E-state index is -0.382. The third kappa shape index (κ3) is 3.80. The van der Waals surface area contributed by atoms with Crippen molar-refractivity contribution in [2.24, 2.45) is 0 Å². The molecular formula is C11H22N2O2. The molecule has 1 aliphatic rings. The van der Waals surface area contributed by atoms with Gasteiger partial charge in [0.05, 0.1) is 17.6 Å². The standard InChI is InChI=1S/C11H22N2O2/c1-10(2,15-4)7-9(14)13-11(3)5-6-12-8-11/h12H,5-8H2,1-4H3,(H,13,14). The molecule has 0 saturated carbocycles. The zero-order chi connectivity index (χ0) is 11.5. The predicted octanol–water partition coefficient (Wildman–Crippen LogP) is 0.670. The van der Waals surface area contributed by atoms with Crippen molar-refractivity contribution in [3.63, 3.8) is 0 Å². The number of ether oxygens (including phenoxy) is 1. The van der Waals surface area contributed by atoms with E-state index >= 15 is 0 Å². The molecule has 0 aromatic heterocycles. The highest BCUT2D eigenvalue weighted by Gasteiger charge is 2.31. The van der Waals surface area contributed by atoms with Gasteiger partial charge in [0.1, 0.15) is 0 Å². The first-order valence-corrected chi connectivity index (χ1v) is 5.44. The maximum atomic E-state index is 11.8. The summed E-state index contributed by atoms with van der Waals surface area (Å²) in [6, 6.07) is 0. The van der Waals surface area contributed by atoms with Crippen LogP contribution < -0.4 is 10.6 Å². The van der Waals surface area contributed by atoms with Crippen LogP contribution in [0.15, 0.2) is 0 Å². The molecule has 0 aliphatic carbocycles. The van der Waals surface area contributed by atoms with E-state index in [1.54, 1.807) is 7.11 Å². The van der Waals surface area contributed by atoms with Crippen molar-refractivity contribution < 1.29 is 9.53 Å². The van der Waals surface area contributed by atoms with Crippen molar-refractivity contribution in [2.75, 3.05) is 20.2 Å². The normalized spacial score (nSPS) is 26.7. The fraction of sp³-hybridized carbons (Fsp3) is 0.909. The highest BCUT2D eigenvalue weighted by molar-refractivity contribution is 5.77. The Morgan fingerprint density at radius 2 is 2.27 bits per heavy atom. The van der Waals surface area contributed by atoms with Gasteiger partial charge in [-0.1, -0.05) is 0 Å². The number of hydrogen-bond acceptors (Lipinski definition) is 3. The summed E-state index contributed by atoms with van der Waals surface area (Å²) in [5.74, 6) is 0.0630. The van der Waals surface area contributed by atoms with Crippen LogP contribution in [0.2, 0.25) is 0 Å². The average molecular weight is 214 g/mol. The Morgan fingerprint density at radius 3 is 2.73 bits per heavy atom. The largest absolute Gasteiger partial charge is 0.378 e. The quantitative estimate of drug-likeness (QED) is 0.723. The Labute approximate surface area is 91.8 Å². The molecule has 1 unspecified atom stereocenters. The molecular weight excluding hydrogens is 192 g/mol. The molecule has 0 spiro atoms. The van der Waals surface area contributed by atoms with Gasteiger partial charge in [0.25, 0.3) is 0 Å². The number of rotatable bonds is 4. The topological polar surface area (TPSA) is 50.4 Å². The van der Waals surface area contributed by atoms with E-state index in [-0.39, 0.29) is 17.0 Å². The second-order valence-corrected chi connectivity index (χ2v) is 5.18. The van der Waals surface area contributed by atoms with Crippen LogP contribution >= 0.6 is 0 Å². The molecule has 4 heteroatoms. The van der Waals surface area contributed by atoms with Crippen LogP contribution in [-0.4, -0.2) is 37.2 Å². The van der Waals surface area contributed by atoms with Gasteiger partial charge < -0.3 is 15.4 Å². The molecule has 15 heavy (non-hydrogen) atoms. The van der Waals surface area contributed by atoms with Gasteiger partial charge >= 0.3 is 0 Å². The van der Waals surface area contributed by atoms with E-state index < -0.39 is 0 Å². The first-order valence-electron chi connectivity index (χ1n) is 5.44. The summed E-state index contributed by atoms with van der Waals surface area (Å²) in [5.41, 5.74) is -0.465. The summed E-state index contributed by atoms with van der Waals surface area (Å²) < 4.78 is 5.23. The van der Waals surface area contributed by atoms with Gasteiger partial charge in [-0.15, -0.1) is 0 Å². The van der Waals surface area contributed by atoms with Crippen molar-refractivity contribution in [2.45, 2.75) is 44.8 Å². The third-order valence-electron chi connectivity index (χ3n) is 2.95. The molecule has 1 saturated heterocycles. The lowest BCUT2D eigenvalue weighted by Gasteiger charge is -2.28. The minimum Gasteiger partial charge on any atom is -0.378 e. The smallest absolute Gasteiger partial charge is 0.223 e. The van der Waals surface area contributed by atoms with Crippen molar-refractivity contribution in [3.05, 3.63) is 0 Å². The van der Waals surface area contributed by atoms with E-state index in [0.717, 1.165) is 19.5 Å². The van der Waals surface area contributed by atoms with Crippen LogP contribution in [0.4, 0.5) is 0 Å². The molecule has 2 N–H and O–H groups in total. The first-order chi connectivity index (χ1) is 6.87. The van der Waals surface area contributed by atoms with Gasteiger partial charge in [-0.3, -0.25) is 4.79 Å². The zero-order valence-electron chi connectivity index (χ0n) is 10.1. The van der Waals surface area contributed by atoms with E-state index in [0.29, 0.717) is 6.42 Å². The van der Waals surface area contributed by atoms with Crippen LogP contribution in [0.5, 0.6) is 0 Å². The lowest BCUT2D eigenvalue weighted by atomic mass is 9.99. The Bertz CT molecular complexity index is 233. The van der Waals surface area contributed by atoms with Crippen LogP contribution in [0, 0.1) is 0 Å². The maximum absolute atomic E-state index is 11.8. The van der Waals surface area contributed by atoms with Gasteiger partial charge in [0.2, 0.25) is 5.91 Å². The summed E-state index contributed by atoms with van der Waals surface area (Å²) >= 11 is 0. The molecule has 1 heterocycles. The summed E-state index contributed by atoms with van der Waals surface area (Å²) in [4.78, 5) is 11.8. The number of hydrogen-bond donors (Lipinski definition) is 2. The Kier molecular flexibility index (Phi) is 3.73. The molecule has 1 amide bonds. The number of amides is 1. The minimum absolute atomic E-state index is 0.0630. The van der Waals surface area contributed by atoms with E-state index in [9.17, 15) is 4.79 Å². The fourth-order valence-electron chi connectivity index (χ4n) is 1.76. The molecule has 0 aromatic rings. The fourth-order valence-corrected chi connectivity index (χ4v) is 1.76. The molecule has 1 aliphatic heterocycles. The van der Waals surface area contributed by atoms with Gasteiger partial charge in [-0.25, -0.2) is 0 Å². The molecule has 0 radical (unpaired) electrons. The molecule has 1 rings (SSSR count). The lowest BCUT2D eigenvalue weighted by molar-refractivity contribution is -0.127. The number of carbonyl (C=O) groups is 1. The summed E-state index contributed by atoms with van der Waals surface area (Å²) in [7, 11) is 1.63. The number of carbonyl (C=O) groups excluding carboxylic acids is 1. The number of nitrogens with one attached hydrogen (secondary N) is 2. The van der Waals surface area contributed by atoms with Crippen LogP contribution in [0.25, 0.3) is 0 Å². The van der Waals surface area contributed by atoms with Gasteiger partial charge in [-0.05, 0) is 33.7 Å². The average Bonchev–Trinajstić information content (AvgIpc) is 2.50. The highest BCUT2D eigenvalue weighted by atomic mass is 16.5. The van der Waals surface area contributed by atoms with Crippen LogP contribution in [0.3, 0.4) is 0 Å². The van der Waals surface area contributed by atoms with Crippen LogP contribution in [0.1, 0.15) is 33.6 Å². The monoisotopic (exact) mass is 214 g/mol.